The third-order valence-electron chi connectivity index (χ3n) is 5.14. The van der Waals surface area contributed by atoms with Gasteiger partial charge in [-0.3, -0.25) is 4.79 Å². The summed E-state index contributed by atoms with van der Waals surface area (Å²) in [7, 11) is 0. The van der Waals surface area contributed by atoms with E-state index in [4.69, 9.17) is 0 Å². The van der Waals surface area contributed by atoms with Crippen molar-refractivity contribution >= 4 is 11.7 Å². The van der Waals surface area contributed by atoms with Gasteiger partial charge in [0.2, 0.25) is 5.91 Å². The smallest absolute Gasteiger partial charge is 0.226 e. The topological polar surface area (TPSA) is 58.1 Å². The molecule has 2 fully saturated rings. The normalized spacial score (nSPS) is 23.3. The summed E-state index contributed by atoms with van der Waals surface area (Å²) in [6, 6.07) is 10.6. The Morgan fingerprint density at radius 2 is 1.92 bits per heavy atom. The summed E-state index contributed by atoms with van der Waals surface area (Å²) in [5, 5.41) is 11.3. The van der Waals surface area contributed by atoms with Crippen LogP contribution in [0.1, 0.15) is 30.7 Å². The number of aromatic nitrogens is 2. The summed E-state index contributed by atoms with van der Waals surface area (Å²) in [6.07, 6.45) is 4.36. The van der Waals surface area contributed by atoms with E-state index < -0.39 is 0 Å². The number of halogens is 1. The lowest BCUT2D eigenvalue weighted by molar-refractivity contribution is -0.133. The van der Waals surface area contributed by atoms with Crippen molar-refractivity contribution in [2.45, 2.75) is 31.2 Å². The second-order valence-corrected chi connectivity index (χ2v) is 6.85. The molecule has 2 aromatic rings. The van der Waals surface area contributed by atoms with E-state index in [1.165, 1.54) is 12.1 Å². The molecule has 1 saturated carbocycles. The monoisotopic (exact) mass is 340 g/mol. The SMILES string of the molecule is O=C([C@H]1C[C@H]1c1ccc(F)cc1)N1CCC(Nc2cccnn2)CC1. The molecular formula is C19H21FN4O. The van der Waals surface area contributed by atoms with Crippen molar-refractivity contribution in [2.24, 2.45) is 5.92 Å². The van der Waals surface area contributed by atoms with E-state index in [-0.39, 0.29) is 23.6 Å². The molecule has 0 unspecified atom stereocenters. The predicted molar refractivity (Wildman–Crippen MR) is 92.5 cm³/mol. The summed E-state index contributed by atoms with van der Waals surface area (Å²) >= 11 is 0. The minimum atomic E-state index is -0.232. The van der Waals surface area contributed by atoms with Gasteiger partial charge in [0.05, 0.1) is 0 Å². The molecule has 1 aliphatic heterocycles. The van der Waals surface area contributed by atoms with Gasteiger partial charge in [-0.1, -0.05) is 12.1 Å². The zero-order chi connectivity index (χ0) is 17.2. The number of likely N-dealkylation sites (tertiary alicyclic amines) is 1. The van der Waals surface area contributed by atoms with Crippen molar-refractivity contribution in [1.82, 2.24) is 15.1 Å². The fraction of sp³-hybridized carbons (Fsp3) is 0.421. The first-order valence-electron chi connectivity index (χ1n) is 8.79. The minimum Gasteiger partial charge on any atom is -0.366 e. The standard InChI is InChI=1S/C19H21FN4O/c20-14-5-3-13(4-6-14)16-12-17(16)19(25)24-10-7-15(8-11-24)22-18-2-1-9-21-23-18/h1-6,9,15-17H,7-8,10-12H2,(H,22,23)/t16-,17-/m0/s1. The Kier molecular flexibility index (Phi) is 4.34. The maximum atomic E-state index is 13.0. The maximum absolute atomic E-state index is 13.0. The molecule has 0 spiro atoms. The van der Waals surface area contributed by atoms with Crippen LogP contribution in [0.2, 0.25) is 0 Å². The molecule has 1 aromatic carbocycles. The lowest BCUT2D eigenvalue weighted by Gasteiger charge is -2.32. The average molecular weight is 340 g/mol. The van der Waals surface area contributed by atoms with Crippen LogP contribution in [-0.4, -0.2) is 40.1 Å². The largest absolute Gasteiger partial charge is 0.366 e. The molecule has 1 amide bonds. The van der Waals surface area contributed by atoms with Crippen molar-refractivity contribution in [3.05, 3.63) is 54.0 Å². The number of anilines is 1. The molecule has 1 saturated heterocycles. The van der Waals surface area contributed by atoms with E-state index in [1.807, 2.05) is 17.0 Å². The average Bonchev–Trinajstić information content (AvgIpc) is 3.44. The van der Waals surface area contributed by atoms with E-state index in [0.29, 0.717) is 6.04 Å². The molecule has 2 heterocycles. The first kappa shape index (κ1) is 16.0. The number of piperidine rings is 1. The van der Waals surface area contributed by atoms with Crippen LogP contribution in [-0.2, 0) is 4.79 Å². The molecule has 130 valence electrons. The Morgan fingerprint density at radius 1 is 1.16 bits per heavy atom. The Hall–Kier alpha value is -2.50. The minimum absolute atomic E-state index is 0.0648. The number of carbonyl (C=O) groups is 1. The Bertz CT molecular complexity index is 729. The van der Waals surface area contributed by atoms with Gasteiger partial charge in [0, 0.05) is 31.2 Å². The number of hydrogen-bond donors (Lipinski definition) is 1. The highest BCUT2D eigenvalue weighted by molar-refractivity contribution is 5.83. The highest BCUT2D eigenvalue weighted by Crippen LogP contribution is 2.48. The first-order valence-corrected chi connectivity index (χ1v) is 8.79. The summed E-state index contributed by atoms with van der Waals surface area (Å²) in [6.45, 7) is 1.53. The molecule has 0 radical (unpaired) electrons. The molecule has 2 atom stereocenters. The summed E-state index contributed by atoms with van der Waals surface area (Å²) in [5.74, 6) is 1.11. The van der Waals surface area contributed by atoms with Crippen molar-refractivity contribution in [3.8, 4) is 0 Å². The van der Waals surface area contributed by atoms with E-state index in [1.54, 1.807) is 18.3 Å². The van der Waals surface area contributed by atoms with Crippen molar-refractivity contribution in [2.75, 3.05) is 18.4 Å². The second-order valence-electron chi connectivity index (χ2n) is 6.85. The Balaban J connectivity index is 1.28. The van der Waals surface area contributed by atoms with Gasteiger partial charge in [0.15, 0.2) is 0 Å². The number of rotatable bonds is 4. The number of carbonyl (C=O) groups excluding carboxylic acids is 1. The maximum Gasteiger partial charge on any atom is 0.226 e. The van der Waals surface area contributed by atoms with Crippen LogP contribution < -0.4 is 5.32 Å². The zero-order valence-electron chi connectivity index (χ0n) is 13.9. The van der Waals surface area contributed by atoms with Gasteiger partial charge in [0.25, 0.3) is 0 Å². The third kappa shape index (κ3) is 3.62. The molecule has 1 N–H and O–H groups in total. The molecule has 1 aromatic heterocycles. The van der Waals surface area contributed by atoms with Gasteiger partial charge in [-0.2, -0.15) is 5.10 Å². The van der Waals surface area contributed by atoms with Crippen LogP contribution in [0.25, 0.3) is 0 Å². The van der Waals surface area contributed by atoms with Crippen molar-refractivity contribution < 1.29 is 9.18 Å². The number of nitrogens with zero attached hydrogens (tertiary/aromatic N) is 3. The van der Waals surface area contributed by atoms with Crippen LogP contribution in [0.5, 0.6) is 0 Å². The molecule has 4 rings (SSSR count). The van der Waals surface area contributed by atoms with Gasteiger partial charge in [-0.05, 0) is 55.0 Å². The summed E-state index contributed by atoms with van der Waals surface area (Å²) in [5.41, 5.74) is 1.07. The zero-order valence-corrected chi connectivity index (χ0v) is 13.9. The quantitative estimate of drug-likeness (QED) is 0.930. The van der Waals surface area contributed by atoms with E-state index in [0.717, 1.165) is 43.7 Å². The lowest BCUT2D eigenvalue weighted by Crippen LogP contribution is -2.43. The number of amides is 1. The fourth-order valence-corrected chi connectivity index (χ4v) is 3.61. The van der Waals surface area contributed by atoms with E-state index in [9.17, 15) is 9.18 Å². The van der Waals surface area contributed by atoms with Gasteiger partial charge < -0.3 is 10.2 Å². The fourth-order valence-electron chi connectivity index (χ4n) is 3.61. The van der Waals surface area contributed by atoms with Crippen LogP contribution >= 0.6 is 0 Å². The van der Waals surface area contributed by atoms with Crippen molar-refractivity contribution in [3.63, 3.8) is 0 Å². The number of nitrogens with one attached hydrogen (secondary N) is 1. The highest BCUT2D eigenvalue weighted by atomic mass is 19.1. The number of benzene rings is 1. The number of hydrogen-bond acceptors (Lipinski definition) is 4. The van der Waals surface area contributed by atoms with Gasteiger partial charge in [-0.25, -0.2) is 4.39 Å². The van der Waals surface area contributed by atoms with Crippen LogP contribution in [0.3, 0.4) is 0 Å². The third-order valence-corrected chi connectivity index (χ3v) is 5.14. The molecular weight excluding hydrogens is 319 g/mol. The summed E-state index contributed by atoms with van der Waals surface area (Å²) < 4.78 is 13.0. The van der Waals surface area contributed by atoms with E-state index in [2.05, 4.69) is 15.5 Å². The summed E-state index contributed by atoms with van der Waals surface area (Å²) in [4.78, 5) is 14.7. The van der Waals surface area contributed by atoms with Gasteiger partial charge >= 0.3 is 0 Å². The molecule has 2 aliphatic rings. The van der Waals surface area contributed by atoms with Gasteiger partial charge in [0.1, 0.15) is 11.6 Å². The van der Waals surface area contributed by atoms with Crippen molar-refractivity contribution in [1.29, 1.82) is 0 Å². The predicted octanol–water partition coefficient (Wildman–Crippen LogP) is 2.82. The molecule has 6 heteroatoms. The van der Waals surface area contributed by atoms with Crippen LogP contribution in [0, 0.1) is 11.7 Å². The Morgan fingerprint density at radius 3 is 2.60 bits per heavy atom. The lowest BCUT2D eigenvalue weighted by atomic mass is 10.0. The first-order chi connectivity index (χ1) is 12.2. The Labute approximate surface area is 146 Å². The molecule has 5 nitrogen and oxygen atoms in total. The van der Waals surface area contributed by atoms with Gasteiger partial charge in [-0.15, -0.1) is 5.10 Å². The molecule has 1 aliphatic carbocycles. The molecule has 25 heavy (non-hydrogen) atoms. The van der Waals surface area contributed by atoms with Crippen LogP contribution in [0.15, 0.2) is 42.6 Å². The molecule has 0 bridgehead atoms. The van der Waals surface area contributed by atoms with Crippen LogP contribution in [0.4, 0.5) is 10.2 Å². The highest BCUT2D eigenvalue weighted by Gasteiger charge is 2.46. The van der Waals surface area contributed by atoms with E-state index >= 15 is 0 Å². The second kappa shape index (κ2) is 6.78.